The number of halogens is 1. The summed E-state index contributed by atoms with van der Waals surface area (Å²) in [6.45, 7) is 0. The maximum absolute atomic E-state index is 13.3. The first kappa shape index (κ1) is 15.1. The molecule has 8 heteroatoms. The zero-order valence-corrected chi connectivity index (χ0v) is 11.4. The molecule has 0 atom stereocenters. The van der Waals surface area contributed by atoms with Crippen LogP contribution >= 0.6 is 0 Å². The summed E-state index contributed by atoms with van der Waals surface area (Å²) in [5, 5.41) is 0. The first-order chi connectivity index (χ1) is 8.28. The maximum Gasteiger partial charge on any atom is 0.211 e. The standard InChI is InChI=1S/C10H14FNO4S2/c1-12-18(15,16)8-4-7-17(13,14)10-6-3-2-5-9(10)11/h2-3,5-6,12H,4,7-8H2,1H3. The highest BCUT2D eigenvalue weighted by atomic mass is 32.2. The van der Waals surface area contributed by atoms with Gasteiger partial charge in [0.1, 0.15) is 10.7 Å². The van der Waals surface area contributed by atoms with Crippen molar-refractivity contribution < 1.29 is 21.2 Å². The van der Waals surface area contributed by atoms with Crippen molar-refractivity contribution in [1.82, 2.24) is 4.72 Å². The highest BCUT2D eigenvalue weighted by molar-refractivity contribution is 7.91. The summed E-state index contributed by atoms with van der Waals surface area (Å²) >= 11 is 0. The Morgan fingerprint density at radius 2 is 1.72 bits per heavy atom. The molecule has 18 heavy (non-hydrogen) atoms. The molecule has 1 N–H and O–H groups in total. The molecule has 0 amide bonds. The van der Waals surface area contributed by atoms with Gasteiger partial charge in [-0.3, -0.25) is 0 Å². The van der Waals surface area contributed by atoms with Gasteiger partial charge in [0.05, 0.1) is 11.5 Å². The van der Waals surface area contributed by atoms with E-state index < -0.39 is 36.3 Å². The van der Waals surface area contributed by atoms with E-state index in [4.69, 9.17) is 0 Å². The third-order valence-electron chi connectivity index (χ3n) is 2.31. The lowest BCUT2D eigenvalue weighted by Crippen LogP contribution is -2.23. The van der Waals surface area contributed by atoms with Gasteiger partial charge in [0.2, 0.25) is 10.0 Å². The van der Waals surface area contributed by atoms with E-state index in [0.717, 1.165) is 12.1 Å². The number of sulfonamides is 1. The van der Waals surface area contributed by atoms with E-state index in [1.807, 2.05) is 0 Å². The van der Waals surface area contributed by atoms with Crippen LogP contribution in [-0.2, 0) is 19.9 Å². The molecule has 102 valence electrons. The van der Waals surface area contributed by atoms with Gasteiger partial charge in [0, 0.05) is 0 Å². The van der Waals surface area contributed by atoms with Crippen LogP contribution in [0.25, 0.3) is 0 Å². The fraction of sp³-hybridized carbons (Fsp3) is 0.400. The molecule has 0 heterocycles. The van der Waals surface area contributed by atoms with Gasteiger partial charge < -0.3 is 0 Å². The van der Waals surface area contributed by atoms with Crippen LogP contribution in [0.4, 0.5) is 4.39 Å². The molecule has 0 bridgehead atoms. The fourth-order valence-electron chi connectivity index (χ4n) is 1.35. The van der Waals surface area contributed by atoms with Gasteiger partial charge in [-0.1, -0.05) is 12.1 Å². The zero-order chi connectivity index (χ0) is 13.8. The van der Waals surface area contributed by atoms with E-state index in [0.29, 0.717) is 0 Å². The van der Waals surface area contributed by atoms with Gasteiger partial charge >= 0.3 is 0 Å². The molecule has 1 aromatic rings. The van der Waals surface area contributed by atoms with E-state index in [1.54, 1.807) is 0 Å². The lowest BCUT2D eigenvalue weighted by atomic mass is 10.3. The van der Waals surface area contributed by atoms with Crippen LogP contribution in [-0.4, -0.2) is 35.4 Å². The van der Waals surface area contributed by atoms with E-state index >= 15 is 0 Å². The molecular weight excluding hydrogens is 281 g/mol. The summed E-state index contributed by atoms with van der Waals surface area (Å²) in [4.78, 5) is -0.396. The predicted molar refractivity (Wildman–Crippen MR) is 65.9 cm³/mol. The van der Waals surface area contributed by atoms with Gasteiger partial charge in [-0.05, 0) is 25.6 Å². The number of hydrogen-bond acceptors (Lipinski definition) is 4. The third-order valence-corrected chi connectivity index (χ3v) is 5.58. The molecule has 0 unspecified atom stereocenters. The van der Waals surface area contributed by atoms with Crippen LogP contribution in [0.1, 0.15) is 6.42 Å². The Labute approximate surface area is 106 Å². The van der Waals surface area contributed by atoms with Gasteiger partial charge in [0.25, 0.3) is 0 Å². The minimum atomic E-state index is -3.79. The number of nitrogens with one attached hydrogen (secondary N) is 1. The van der Waals surface area contributed by atoms with Crippen LogP contribution in [0.2, 0.25) is 0 Å². The van der Waals surface area contributed by atoms with Crippen LogP contribution in [0.5, 0.6) is 0 Å². The molecule has 0 spiro atoms. The average molecular weight is 295 g/mol. The van der Waals surface area contributed by atoms with Crippen molar-refractivity contribution in [2.75, 3.05) is 18.6 Å². The van der Waals surface area contributed by atoms with E-state index in [-0.39, 0.29) is 12.2 Å². The molecule has 0 saturated heterocycles. The SMILES string of the molecule is CNS(=O)(=O)CCCS(=O)(=O)c1ccccc1F. The minimum Gasteiger partial charge on any atom is -0.224 e. The number of benzene rings is 1. The molecule has 0 aliphatic carbocycles. The number of hydrogen-bond donors (Lipinski definition) is 1. The Morgan fingerprint density at radius 1 is 1.11 bits per heavy atom. The number of rotatable bonds is 6. The summed E-state index contributed by atoms with van der Waals surface area (Å²) in [7, 11) is -5.98. The van der Waals surface area contributed by atoms with Gasteiger partial charge in [-0.25, -0.2) is 25.9 Å². The lowest BCUT2D eigenvalue weighted by Gasteiger charge is -2.05. The first-order valence-electron chi connectivity index (χ1n) is 5.17. The minimum absolute atomic E-state index is 0.0835. The Balaban J connectivity index is 2.76. The largest absolute Gasteiger partial charge is 0.224 e. The second-order valence-electron chi connectivity index (χ2n) is 3.63. The van der Waals surface area contributed by atoms with Crippen molar-refractivity contribution in [2.45, 2.75) is 11.3 Å². The molecule has 1 rings (SSSR count). The molecule has 0 aliphatic rings. The average Bonchev–Trinajstić information content (AvgIpc) is 2.29. The van der Waals surface area contributed by atoms with Gasteiger partial charge in [-0.15, -0.1) is 0 Å². The monoisotopic (exact) mass is 295 g/mol. The Morgan fingerprint density at radius 3 is 2.28 bits per heavy atom. The quantitative estimate of drug-likeness (QED) is 0.830. The van der Waals surface area contributed by atoms with Crippen molar-refractivity contribution in [3.63, 3.8) is 0 Å². The molecule has 1 aromatic carbocycles. The fourth-order valence-corrected chi connectivity index (χ4v) is 3.65. The Hall–Kier alpha value is -0.990. The molecule has 0 radical (unpaired) electrons. The molecule has 0 fully saturated rings. The van der Waals surface area contributed by atoms with Gasteiger partial charge in [-0.2, -0.15) is 0 Å². The smallest absolute Gasteiger partial charge is 0.211 e. The van der Waals surface area contributed by atoms with Crippen LogP contribution in [0.15, 0.2) is 29.2 Å². The Bertz CT molecular complexity index is 611. The second kappa shape index (κ2) is 5.77. The zero-order valence-electron chi connectivity index (χ0n) is 9.76. The first-order valence-corrected chi connectivity index (χ1v) is 8.47. The Kier molecular flexibility index (Phi) is 4.83. The second-order valence-corrected chi connectivity index (χ2v) is 7.75. The summed E-state index contributed by atoms with van der Waals surface area (Å²) in [6, 6.07) is 5.02. The molecule has 0 saturated carbocycles. The van der Waals surface area contributed by atoms with Crippen molar-refractivity contribution in [3.05, 3.63) is 30.1 Å². The predicted octanol–water partition coefficient (Wildman–Crippen LogP) is 0.539. The summed E-state index contributed by atoms with van der Waals surface area (Å²) in [5.41, 5.74) is 0. The van der Waals surface area contributed by atoms with Crippen LogP contribution in [0.3, 0.4) is 0 Å². The topological polar surface area (TPSA) is 80.3 Å². The highest BCUT2D eigenvalue weighted by Crippen LogP contribution is 2.16. The summed E-state index contributed by atoms with van der Waals surface area (Å²) < 4.78 is 61.1. The van der Waals surface area contributed by atoms with Gasteiger partial charge in [0.15, 0.2) is 9.84 Å². The summed E-state index contributed by atoms with van der Waals surface area (Å²) in [6.07, 6.45) is -0.0835. The molecule has 0 aromatic heterocycles. The van der Waals surface area contributed by atoms with Crippen molar-refractivity contribution in [3.8, 4) is 0 Å². The van der Waals surface area contributed by atoms with Crippen LogP contribution in [0, 0.1) is 5.82 Å². The normalized spacial score (nSPS) is 12.6. The molecule has 5 nitrogen and oxygen atoms in total. The van der Waals surface area contributed by atoms with Crippen molar-refractivity contribution in [1.29, 1.82) is 0 Å². The van der Waals surface area contributed by atoms with E-state index in [1.165, 1.54) is 19.2 Å². The van der Waals surface area contributed by atoms with E-state index in [9.17, 15) is 21.2 Å². The summed E-state index contributed by atoms with van der Waals surface area (Å²) in [5.74, 6) is -1.54. The molecular formula is C10H14FNO4S2. The third kappa shape index (κ3) is 4.04. The maximum atomic E-state index is 13.3. The highest BCUT2D eigenvalue weighted by Gasteiger charge is 2.19. The molecule has 0 aliphatic heterocycles. The van der Waals surface area contributed by atoms with Crippen LogP contribution < -0.4 is 4.72 Å². The number of sulfone groups is 1. The van der Waals surface area contributed by atoms with Crippen molar-refractivity contribution in [2.24, 2.45) is 0 Å². The lowest BCUT2D eigenvalue weighted by molar-refractivity contribution is 0.565. The van der Waals surface area contributed by atoms with Crippen molar-refractivity contribution >= 4 is 19.9 Å². The van der Waals surface area contributed by atoms with E-state index in [2.05, 4.69) is 4.72 Å².